The maximum absolute atomic E-state index is 7.09. The molecule has 32 heavy (non-hydrogen) atoms. The van der Waals surface area contributed by atoms with Crippen LogP contribution in [0.25, 0.3) is 0 Å². The number of hydrogen-bond acceptors (Lipinski definition) is 3. The minimum absolute atomic E-state index is 0.421. The molecule has 0 heterocycles. The van der Waals surface area contributed by atoms with Crippen molar-refractivity contribution >= 4 is 36.6 Å². The van der Waals surface area contributed by atoms with Gasteiger partial charge in [-0.2, -0.15) is 0 Å². The molecule has 0 saturated heterocycles. The van der Waals surface area contributed by atoms with Gasteiger partial charge < -0.3 is 13.3 Å². The minimum atomic E-state index is -1.94. The maximum Gasteiger partial charge on any atom is 0.250 e. The van der Waals surface area contributed by atoms with E-state index in [1.807, 2.05) is 0 Å². The van der Waals surface area contributed by atoms with E-state index < -0.39 is 25.0 Å². The van der Waals surface area contributed by atoms with E-state index in [4.69, 9.17) is 24.9 Å². The van der Waals surface area contributed by atoms with Crippen LogP contribution < -0.4 is 13.3 Å². The van der Waals surface area contributed by atoms with Gasteiger partial charge in [-0.25, -0.2) is 0 Å². The first kappa shape index (κ1) is 29.6. The number of alkyl halides is 1. The topological polar surface area (TPSA) is 27.7 Å². The van der Waals surface area contributed by atoms with Gasteiger partial charge in [-0.1, -0.05) is 68.4 Å². The van der Waals surface area contributed by atoms with Gasteiger partial charge in [0.1, 0.15) is 5.75 Å². The molecule has 0 radical (unpaired) electrons. The molecule has 0 bridgehead atoms. The lowest BCUT2D eigenvalue weighted by atomic mass is 10.2. The van der Waals surface area contributed by atoms with E-state index >= 15 is 0 Å². The van der Waals surface area contributed by atoms with Crippen LogP contribution in [-0.4, -0.2) is 25.0 Å². The fraction of sp³-hybridized carbons (Fsp3) is 0.760. The molecule has 0 spiro atoms. The third-order valence-corrected chi connectivity index (χ3v) is 21.9. The number of hydrogen-bond donors (Lipinski definition) is 0. The molecule has 0 aliphatic rings. The van der Waals surface area contributed by atoms with Gasteiger partial charge in [0.25, 0.3) is 25.0 Å². The van der Waals surface area contributed by atoms with Crippen molar-refractivity contribution in [2.75, 3.05) is 0 Å². The molecule has 0 atom stereocenters. The lowest BCUT2D eigenvalue weighted by molar-refractivity contribution is 0.433. The molecule has 0 aliphatic carbocycles. The summed E-state index contributed by atoms with van der Waals surface area (Å²) in [5.41, 5.74) is 1.03. The molecule has 0 amide bonds. The first-order valence-electron chi connectivity index (χ1n) is 13.1. The van der Waals surface area contributed by atoms with Crippen molar-refractivity contribution in [2.24, 2.45) is 0 Å². The van der Waals surface area contributed by atoms with Crippen molar-refractivity contribution in [3.63, 3.8) is 0 Å². The van der Waals surface area contributed by atoms with Crippen LogP contribution >= 0.6 is 11.6 Å². The molecule has 1 rings (SSSR count). The summed E-state index contributed by atoms with van der Waals surface area (Å²) in [6.07, 6.45) is 0. The first-order chi connectivity index (χ1) is 15.3. The van der Waals surface area contributed by atoms with Gasteiger partial charge in [-0.15, -0.1) is 11.6 Å². The highest BCUT2D eigenvalue weighted by Crippen LogP contribution is 2.47. The summed E-state index contributed by atoms with van der Waals surface area (Å²) in [4.78, 5) is 0. The minimum Gasteiger partial charge on any atom is -0.541 e. The first-order valence-corrected chi connectivity index (χ1v) is 21.2. The van der Waals surface area contributed by atoms with Crippen molar-refractivity contribution < 1.29 is 13.3 Å². The molecule has 0 fully saturated rings. The summed E-state index contributed by atoms with van der Waals surface area (Å²) in [6.45, 7) is 20.5. The standard InChI is InChI=1S/C25H49ClO3Si3/c1-10-30(11-2,12-3)27-23-20-19-22(21-26)24(28-31(13-4,14-5)15-6)25(23)29-32(16-7,17-8)18-9/h19-20H,10-18,21H2,1-9H3. The Balaban J connectivity index is 3.80. The van der Waals surface area contributed by atoms with E-state index in [9.17, 15) is 0 Å². The summed E-state index contributed by atoms with van der Waals surface area (Å²) in [5, 5.41) is 0. The van der Waals surface area contributed by atoms with Crippen LogP contribution in [0.2, 0.25) is 54.4 Å². The van der Waals surface area contributed by atoms with Crippen LogP contribution in [0.15, 0.2) is 12.1 Å². The molecular weight excluding hydrogens is 468 g/mol. The zero-order valence-corrected chi connectivity index (χ0v) is 26.1. The summed E-state index contributed by atoms with van der Waals surface area (Å²) in [6, 6.07) is 14.0. The number of rotatable bonds is 16. The van der Waals surface area contributed by atoms with Crippen LogP contribution in [0.5, 0.6) is 17.2 Å². The predicted molar refractivity (Wildman–Crippen MR) is 149 cm³/mol. The Morgan fingerprint density at radius 1 is 0.531 bits per heavy atom. The Morgan fingerprint density at radius 2 is 0.875 bits per heavy atom. The van der Waals surface area contributed by atoms with Gasteiger partial charge in [0.15, 0.2) is 11.5 Å². The van der Waals surface area contributed by atoms with Gasteiger partial charge in [-0.3, -0.25) is 0 Å². The Labute approximate surface area is 207 Å². The third kappa shape index (κ3) is 6.57. The fourth-order valence-corrected chi connectivity index (χ4v) is 12.5. The highest BCUT2D eigenvalue weighted by atomic mass is 35.5. The second-order valence-corrected chi connectivity index (χ2v) is 23.4. The molecule has 0 N–H and O–H groups in total. The van der Waals surface area contributed by atoms with E-state index in [2.05, 4.69) is 74.4 Å². The average molecular weight is 517 g/mol. The highest BCUT2D eigenvalue weighted by Gasteiger charge is 2.39. The molecule has 186 valence electrons. The van der Waals surface area contributed by atoms with Crippen LogP contribution in [-0.2, 0) is 5.88 Å². The van der Waals surface area contributed by atoms with Gasteiger partial charge in [-0.05, 0) is 60.5 Å². The average Bonchev–Trinajstić information content (AvgIpc) is 2.85. The van der Waals surface area contributed by atoms with Crippen LogP contribution in [0.1, 0.15) is 67.9 Å². The van der Waals surface area contributed by atoms with Gasteiger partial charge in [0.05, 0.1) is 5.88 Å². The van der Waals surface area contributed by atoms with E-state index in [1.54, 1.807) is 0 Å². The molecule has 0 aromatic heterocycles. The summed E-state index contributed by atoms with van der Waals surface area (Å²) >= 11 is 6.46. The number of halogens is 1. The SMILES string of the molecule is CC[Si](CC)(CC)Oc1ccc(CCl)c(O[Si](CC)(CC)CC)c1O[Si](CC)(CC)CC. The monoisotopic (exact) mass is 516 g/mol. The highest BCUT2D eigenvalue weighted by molar-refractivity contribution is 6.75. The van der Waals surface area contributed by atoms with Gasteiger partial charge in [0, 0.05) is 5.56 Å². The van der Waals surface area contributed by atoms with E-state index in [-0.39, 0.29) is 0 Å². The van der Waals surface area contributed by atoms with E-state index in [0.717, 1.165) is 77.2 Å². The Bertz CT molecular complexity index is 662. The van der Waals surface area contributed by atoms with Crippen molar-refractivity contribution in [3.8, 4) is 17.2 Å². The lowest BCUT2D eigenvalue weighted by Crippen LogP contribution is -2.43. The normalized spacial score (nSPS) is 12.7. The fourth-order valence-electron chi connectivity index (χ4n) is 4.55. The molecule has 0 saturated carbocycles. The molecule has 0 unspecified atom stereocenters. The van der Waals surface area contributed by atoms with Crippen LogP contribution in [0, 0.1) is 0 Å². The molecule has 0 aliphatic heterocycles. The zero-order valence-electron chi connectivity index (χ0n) is 22.3. The quantitative estimate of drug-likeness (QED) is 0.161. The second kappa shape index (κ2) is 13.4. The molecule has 7 heteroatoms. The van der Waals surface area contributed by atoms with E-state index in [0.29, 0.717) is 5.88 Å². The van der Waals surface area contributed by atoms with Crippen molar-refractivity contribution in [3.05, 3.63) is 17.7 Å². The van der Waals surface area contributed by atoms with Gasteiger partial charge in [0.2, 0.25) is 0 Å². The van der Waals surface area contributed by atoms with Crippen LogP contribution in [0.3, 0.4) is 0 Å². The summed E-state index contributed by atoms with van der Waals surface area (Å²) in [7, 11) is -5.73. The molecular formula is C25H49ClO3Si3. The second-order valence-electron chi connectivity index (χ2n) is 9.05. The zero-order chi connectivity index (χ0) is 24.4. The summed E-state index contributed by atoms with van der Waals surface area (Å²) < 4.78 is 21.1. The Hall–Kier alpha value is -0.439. The Kier molecular flexibility index (Phi) is 12.4. The molecule has 3 nitrogen and oxygen atoms in total. The molecule has 1 aromatic carbocycles. The summed E-state index contributed by atoms with van der Waals surface area (Å²) in [5.74, 6) is 3.06. The number of benzene rings is 1. The maximum atomic E-state index is 7.09. The van der Waals surface area contributed by atoms with E-state index in [1.165, 1.54) is 0 Å². The largest absolute Gasteiger partial charge is 0.541 e. The van der Waals surface area contributed by atoms with Gasteiger partial charge >= 0.3 is 0 Å². The Morgan fingerprint density at radius 3 is 1.22 bits per heavy atom. The van der Waals surface area contributed by atoms with Crippen LogP contribution in [0.4, 0.5) is 0 Å². The predicted octanol–water partition coefficient (Wildman–Crippen LogP) is 9.58. The lowest BCUT2D eigenvalue weighted by Gasteiger charge is -2.37. The third-order valence-electron chi connectivity index (χ3n) is 8.06. The molecule has 1 aromatic rings. The van der Waals surface area contributed by atoms with Crippen molar-refractivity contribution in [1.29, 1.82) is 0 Å². The van der Waals surface area contributed by atoms with Crippen molar-refractivity contribution in [2.45, 2.75) is 123 Å². The smallest absolute Gasteiger partial charge is 0.250 e. The van der Waals surface area contributed by atoms with Crippen molar-refractivity contribution in [1.82, 2.24) is 0 Å².